The molecule has 0 rings (SSSR count). The number of hydrogen-bond acceptors (Lipinski definition) is 0. The Morgan fingerprint density at radius 2 is 1.47 bits per heavy atom. The summed E-state index contributed by atoms with van der Waals surface area (Å²) >= 11 is 0. The van der Waals surface area contributed by atoms with Crippen LogP contribution in [-0.4, -0.2) is 0 Å². The first kappa shape index (κ1) is 14.7. The van der Waals surface area contributed by atoms with E-state index in [0.29, 0.717) is 11.8 Å². The molecule has 0 aromatic carbocycles. The lowest BCUT2D eigenvalue weighted by Gasteiger charge is -2.13. The molecule has 0 aromatic heterocycles. The van der Waals surface area contributed by atoms with E-state index in [4.69, 9.17) is 0 Å². The van der Waals surface area contributed by atoms with E-state index in [1.54, 1.807) is 0 Å². The Labute approximate surface area is 97.2 Å². The van der Waals surface area contributed by atoms with Gasteiger partial charge in [-0.1, -0.05) is 65.9 Å². The molecule has 89 valence electrons. The molecular weight excluding hydrogens is 180 g/mol. The Morgan fingerprint density at radius 1 is 0.933 bits per heavy atom. The summed E-state index contributed by atoms with van der Waals surface area (Å²) in [6.45, 7) is 14.7. The zero-order valence-electron chi connectivity index (χ0n) is 11.0. The predicted octanol–water partition coefficient (Wildman–Crippen LogP) is 5.26. The van der Waals surface area contributed by atoms with Crippen LogP contribution in [0.4, 0.5) is 0 Å². The molecule has 0 aromatic rings. The highest BCUT2D eigenvalue weighted by Crippen LogP contribution is 2.19. The Balaban J connectivity index is 3.33. The van der Waals surface area contributed by atoms with Crippen LogP contribution in [0.15, 0.2) is 12.7 Å². The Bertz CT molecular complexity index is 146. The second-order valence-corrected chi connectivity index (χ2v) is 5.29. The fraction of sp³-hybridized carbons (Fsp3) is 0.800. The minimum Gasteiger partial charge on any atom is -0.103 e. The summed E-state index contributed by atoms with van der Waals surface area (Å²) < 4.78 is 0. The highest BCUT2D eigenvalue weighted by Gasteiger charge is 2.04. The maximum absolute atomic E-state index is 4.02. The molecule has 0 aliphatic carbocycles. The molecule has 0 fully saturated rings. The summed E-state index contributed by atoms with van der Waals surface area (Å²) in [7, 11) is 0. The van der Waals surface area contributed by atoms with Crippen molar-refractivity contribution in [1.29, 1.82) is 0 Å². The van der Waals surface area contributed by atoms with Crippen LogP contribution in [-0.2, 0) is 0 Å². The van der Waals surface area contributed by atoms with Crippen molar-refractivity contribution in [3.63, 3.8) is 0 Å². The molecule has 1 radical (unpaired) electrons. The third kappa shape index (κ3) is 10.0. The van der Waals surface area contributed by atoms with Gasteiger partial charge in [0.2, 0.25) is 0 Å². The minimum atomic E-state index is 0.623. The summed E-state index contributed by atoms with van der Waals surface area (Å²) in [5.74, 6) is 2.20. The van der Waals surface area contributed by atoms with Gasteiger partial charge in [0.25, 0.3) is 0 Å². The largest absolute Gasteiger partial charge is 0.103 e. The van der Waals surface area contributed by atoms with Crippen molar-refractivity contribution in [2.24, 2.45) is 17.8 Å². The highest BCUT2D eigenvalue weighted by atomic mass is 14.1. The van der Waals surface area contributed by atoms with Crippen LogP contribution in [0, 0.1) is 24.7 Å². The van der Waals surface area contributed by atoms with Gasteiger partial charge in [-0.15, -0.1) is 6.58 Å². The maximum atomic E-state index is 4.02. The van der Waals surface area contributed by atoms with Crippen LogP contribution in [0.2, 0.25) is 0 Å². The van der Waals surface area contributed by atoms with Gasteiger partial charge >= 0.3 is 0 Å². The van der Waals surface area contributed by atoms with E-state index in [9.17, 15) is 0 Å². The maximum Gasteiger partial charge on any atom is -0.0265 e. The van der Waals surface area contributed by atoms with Gasteiger partial charge in [-0.25, -0.2) is 0 Å². The van der Waals surface area contributed by atoms with E-state index in [2.05, 4.69) is 40.3 Å². The third-order valence-corrected chi connectivity index (χ3v) is 3.15. The summed E-state index contributed by atoms with van der Waals surface area (Å²) in [6.07, 6.45) is 10.1. The molecule has 3 unspecified atom stereocenters. The van der Waals surface area contributed by atoms with E-state index >= 15 is 0 Å². The Morgan fingerprint density at radius 3 is 1.93 bits per heavy atom. The van der Waals surface area contributed by atoms with Crippen molar-refractivity contribution < 1.29 is 0 Å². The lowest BCUT2D eigenvalue weighted by atomic mass is 9.93. The van der Waals surface area contributed by atoms with Gasteiger partial charge in [0.05, 0.1) is 0 Å². The average molecular weight is 209 g/mol. The molecule has 0 saturated heterocycles. The van der Waals surface area contributed by atoms with Gasteiger partial charge in [-0.2, -0.15) is 0 Å². The first-order valence-corrected chi connectivity index (χ1v) is 6.51. The molecule has 0 spiro atoms. The van der Waals surface area contributed by atoms with E-state index in [1.807, 2.05) is 0 Å². The second-order valence-electron chi connectivity index (χ2n) is 5.29. The smallest absolute Gasteiger partial charge is 0.0265 e. The van der Waals surface area contributed by atoms with E-state index in [-0.39, 0.29) is 0 Å². The summed E-state index contributed by atoms with van der Waals surface area (Å²) in [5, 5.41) is 0. The molecule has 0 saturated carbocycles. The number of rotatable bonds is 9. The van der Waals surface area contributed by atoms with Gasteiger partial charge in [0, 0.05) is 0 Å². The van der Waals surface area contributed by atoms with Crippen molar-refractivity contribution in [1.82, 2.24) is 0 Å². The van der Waals surface area contributed by atoms with Crippen LogP contribution >= 0.6 is 0 Å². The SMILES string of the molecule is [CH2]C(C)CCCC(C)CCCC(C)C=C. The van der Waals surface area contributed by atoms with Crippen LogP contribution < -0.4 is 0 Å². The number of allylic oxidation sites excluding steroid dienone is 1. The minimum absolute atomic E-state index is 0.623. The van der Waals surface area contributed by atoms with Gasteiger partial charge in [-0.3, -0.25) is 0 Å². The van der Waals surface area contributed by atoms with Crippen molar-refractivity contribution >= 4 is 0 Å². The molecule has 15 heavy (non-hydrogen) atoms. The predicted molar refractivity (Wildman–Crippen MR) is 70.7 cm³/mol. The molecule has 0 heterocycles. The molecule has 0 amide bonds. The van der Waals surface area contributed by atoms with Gasteiger partial charge in [-0.05, 0) is 24.2 Å². The molecule has 0 heteroatoms. The molecule has 3 atom stereocenters. The van der Waals surface area contributed by atoms with E-state index < -0.39 is 0 Å². The summed E-state index contributed by atoms with van der Waals surface area (Å²) in [4.78, 5) is 0. The zero-order chi connectivity index (χ0) is 11.7. The quantitative estimate of drug-likeness (QED) is 0.455. The van der Waals surface area contributed by atoms with Crippen LogP contribution in [0.5, 0.6) is 0 Å². The van der Waals surface area contributed by atoms with Gasteiger partial charge < -0.3 is 0 Å². The summed E-state index contributed by atoms with van der Waals surface area (Å²) in [5.41, 5.74) is 0. The van der Waals surface area contributed by atoms with Crippen LogP contribution in [0.3, 0.4) is 0 Å². The van der Waals surface area contributed by atoms with Crippen LogP contribution in [0.25, 0.3) is 0 Å². The van der Waals surface area contributed by atoms with E-state index in [0.717, 1.165) is 5.92 Å². The van der Waals surface area contributed by atoms with E-state index in [1.165, 1.54) is 38.5 Å². The fourth-order valence-electron chi connectivity index (χ4n) is 1.87. The molecule has 0 nitrogen and oxygen atoms in total. The Hall–Kier alpha value is -0.260. The standard InChI is InChI=1S/C15H29/c1-6-14(4)10-8-12-15(5)11-7-9-13(2)3/h6,13-15H,1-2,7-12H2,3-5H3. The normalized spacial score (nSPS) is 15.3. The zero-order valence-corrected chi connectivity index (χ0v) is 11.0. The van der Waals surface area contributed by atoms with Crippen molar-refractivity contribution in [3.05, 3.63) is 19.6 Å². The first-order chi connectivity index (χ1) is 7.06. The molecule has 0 N–H and O–H groups in total. The number of hydrogen-bond donors (Lipinski definition) is 0. The first-order valence-electron chi connectivity index (χ1n) is 6.51. The Kier molecular flexibility index (Phi) is 8.85. The lowest BCUT2D eigenvalue weighted by molar-refractivity contribution is 0.420. The molecule has 0 aliphatic heterocycles. The van der Waals surface area contributed by atoms with Crippen molar-refractivity contribution in [2.75, 3.05) is 0 Å². The van der Waals surface area contributed by atoms with Gasteiger partial charge in [0.15, 0.2) is 0 Å². The van der Waals surface area contributed by atoms with Crippen LogP contribution in [0.1, 0.15) is 59.3 Å². The average Bonchev–Trinajstić information content (AvgIpc) is 2.17. The highest BCUT2D eigenvalue weighted by molar-refractivity contribution is 4.74. The molecule has 0 bridgehead atoms. The second kappa shape index (κ2) is 9.00. The van der Waals surface area contributed by atoms with Crippen molar-refractivity contribution in [2.45, 2.75) is 59.3 Å². The topological polar surface area (TPSA) is 0 Å². The lowest BCUT2D eigenvalue weighted by Crippen LogP contribution is -1.98. The van der Waals surface area contributed by atoms with Crippen molar-refractivity contribution in [3.8, 4) is 0 Å². The third-order valence-electron chi connectivity index (χ3n) is 3.15. The molecular formula is C15H29. The molecule has 0 aliphatic rings. The monoisotopic (exact) mass is 209 g/mol. The van der Waals surface area contributed by atoms with Gasteiger partial charge in [0.1, 0.15) is 0 Å². The fourth-order valence-corrected chi connectivity index (χ4v) is 1.87. The summed E-state index contributed by atoms with van der Waals surface area (Å²) in [6, 6.07) is 0.